The van der Waals surface area contributed by atoms with Gasteiger partial charge in [0.05, 0.1) is 19.3 Å². The molecule has 0 aromatic carbocycles. The maximum atomic E-state index is 12.6. The number of hydrogen-bond acceptors (Lipinski definition) is 10. The molecule has 0 saturated carbocycles. The molecule has 0 rings (SSSR count). The predicted molar refractivity (Wildman–Crippen MR) is 209 cm³/mol. The predicted octanol–water partition coefficient (Wildman–Crippen LogP) is 8.58. The molecule has 0 radical (unpaired) electrons. The Labute approximate surface area is 318 Å². The lowest BCUT2D eigenvalue weighted by molar-refractivity contribution is -0.161. The van der Waals surface area contributed by atoms with E-state index in [-0.39, 0.29) is 12.8 Å². The Morgan fingerprint density at radius 3 is 2.00 bits per heavy atom. The summed E-state index contributed by atoms with van der Waals surface area (Å²) in [4.78, 5) is 45.7. The van der Waals surface area contributed by atoms with Crippen molar-refractivity contribution < 1.29 is 52.6 Å². The quantitative estimate of drug-likeness (QED) is 0.0158. The van der Waals surface area contributed by atoms with Gasteiger partial charge in [0.25, 0.3) is 0 Å². The molecule has 0 bridgehead atoms. The Bertz CT molecular complexity index is 1150. The van der Waals surface area contributed by atoms with Crippen molar-refractivity contribution in [1.29, 1.82) is 0 Å². The standard InChI is InChI=1S/C40H68NO11P/c1-3-5-7-9-11-12-13-14-18-22-26-30-38(43)49-32-36(33-50-53(47,48)51-34-37(41)40(45)46)52-39(44)31-27-23-19-15-17-21-25-29-35(42)28-24-20-16-10-8-6-4-2/h9,11,15-16,19-21,24-25,28,35-37,42H,3-8,10,12-14,17-18,22-23,26-27,29-34,41H2,1-2H3,(H,45,46)(H,47,48)/b11-9-,19-15+,20-16-,25-21-,28-24-/t35-,36+,37-/m0/s1. The topological polar surface area (TPSA) is 192 Å². The van der Waals surface area contributed by atoms with Gasteiger partial charge in [0.15, 0.2) is 6.10 Å². The molecule has 1 unspecified atom stereocenters. The Hall–Kier alpha value is -2.86. The van der Waals surface area contributed by atoms with E-state index in [1.54, 1.807) is 6.08 Å². The number of nitrogens with two attached hydrogens (primary N) is 1. The fourth-order valence-electron chi connectivity index (χ4n) is 4.65. The van der Waals surface area contributed by atoms with Crippen LogP contribution in [0.4, 0.5) is 0 Å². The van der Waals surface area contributed by atoms with Crippen LogP contribution in [0, 0.1) is 0 Å². The molecule has 0 aliphatic rings. The van der Waals surface area contributed by atoms with Gasteiger partial charge in [-0.25, -0.2) is 4.57 Å². The van der Waals surface area contributed by atoms with E-state index >= 15 is 0 Å². The molecule has 0 saturated heterocycles. The number of rotatable bonds is 35. The van der Waals surface area contributed by atoms with Gasteiger partial charge in [0.1, 0.15) is 12.6 Å². The number of unbranched alkanes of at least 4 members (excludes halogenated alkanes) is 11. The Balaban J connectivity index is 4.62. The van der Waals surface area contributed by atoms with E-state index in [2.05, 4.69) is 36.6 Å². The summed E-state index contributed by atoms with van der Waals surface area (Å²) in [7, 11) is -4.74. The Kier molecular flexibility index (Phi) is 33.0. The highest BCUT2D eigenvalue weighted by Gasteiger charge is 2.28. The van der Waals surface area contributed by atoms with Gasteiger partial charge in [-0.3, -0.25) is 23.4 Å². The molecule has 0 heterocycles. The molecule has 0 aliphatic heterocycles. The van der Waals surface area contributed by atoms with Crippen molar-refractivity contribution in [2.45, 2.75) is 154 Å². The second kappa shape index (κ2) is 34.9. The smallest absolute Gasteiger partial charge is 0.472 e. The number of carboxylic acid groups (broad SMARTS) is 1. The fraction of sp³-hybridized carbons (Fsp3) is 0.675. The normalized spacial score (nSPS) is 15.1. The summed E-state index contributed by atoms with van der Waals surface area (Å²) in [5.74, 6) is -2.52. The average Bonchev–Trinajstić information content (AvgIpc) is 3.12. The van der Waals surface area contributed by atoms with Crippen molar-refractivity contribution in [1.82, 2.24) is 0 Å². The highest BCUT2D eigenvalue weighted by molar-refractivity contribution is 7.47. The monoisotopic (exact) mass is 769 g/mol. The van der Waals surface area contributed by atoms with Gasteiger partial charge in [-0.15, -0.1) is 0 Å². The van der Waals surface area contributed by atoms with Crippen LogP contribution in [0.2, 0.25) is 0 Å². The molecule has 53 heavy (non-hydrogen) atoms. The van der Waals surface area contributed by atoms with Crippen LogP contribution in [-0.4, -0.2) is 71.1 Å². The molecule has 0 spiro atoms. The van der Waals surface area contributed by atoms with E-state index in [4.69, 9.17) is 24.8 Å². The number of carbonyl (C=O) groups is 3. The summed E-state index contributed by atoms with van der Waals surface area (Å²) in [5, 5.41) is 18.9. The van der Waals surface area contributed by atoms with Crippen LogP contribution >= 0.6 is 7.82 Å². The summed E-state index contributed by atoms with van der Waals surface area (Å²) in [5.41, 5.74) is 5.31. The van der Waals surface area contributed by atoms with E-state index in [0.717, 1.165) is 44.9 Å². The summed E-state index contributed by atoms with van der Waals surface area (Å²) >= 11 is 0. The second-order valence-electron chi connectivity index (χ2n) is 12.9. The Morgan fingerprint density at radius 2 is 1.26 bits per heavy atom. The van der Waals surface area contributed by atoms with Gasteiger partial charge in [0, 0.05) is 12.8 Å². The molecule has 0 fully saturated rings. The van der Waals surface area contributed by atoms with Gasteiger partial charge in [-0.2, -0.15) is 0 Å². The third-order valence-electron chi connectivity index (χ3n) is 7.82. The summed E-state index contributed by atoms with van der Waals surface area (Å²) < 4.78 is 32.4. The highest BCUT2D eigenvalue weighted by Crippen LogP contribution is 2.43. The first-order chi connectivity index (χ1) is 25.5. The van der Waals surface area contributed by atoms with Crippen molar-refractivity contribution in [3.63, 3.8) is 0 Å². The Morgan fingerprint density at radius 1 is 0.679 bits per heavy atom. The van der Waals surface area contributed by atoms with E-state index in [9.17, 15) is 28.9 Å². The van der Waals surface area contributed by atoms with Crippen molar-refractivity contribution in [2.24, 2.45) is 5.73 Å². The van der Waals surface area contributed by atoms with E-state index in [1.807, 2.05) is 36.5 Å². The lowest BCUT2D eigenvalue weighted by Crippen LogP contribution is -2.34. The minimum absolute atomic E-state index is 0.0471. The molecular formula is C40H68NO11P. The zero-order valence-electron chi connectivity index (χ0n) is 32.2. The summed E-state index contributed by atoms with van der Waals surface area (Å²) in [6.07, 6.45) is 34.7. The molecule has 0 aromatic rings. The maximum Gasteiger partial charge on any atom is 0.472 e. The van der Waals surface area contributed by atoms with Crippen LogP contribution in [0.25, 0.3) is 0 Å². The molecule has 13 heteroatoms. The number of phosphoric acid groups is 1. The third kappa shape index (κ3) is 34.6. The minimum atomic E-state index is -4.74. The fourth-order valence-corrected chi connectivity index (χ4v) is 5.42. The van der Waals surface area contributed by atoms with Gasteiger partial charge in [0.2, 0.25) is 0 Å². The minimum Gasteiger partial charge on any atom is -0.480 e. The number of aliphatic carboxylic acids is 1. The molecule has 12 nitrogen and oxygen atoms in total. The molecule has 0 aromatic heterocycles. The molecule has 304 valence electrons. The van der Waals surface area contributed by atoms with Crippen LogP contribution < -0.4 is 5.73 Å². The number of carbonyl (C=O) groups excluding carboxylic acids is 2. The lowest BCUT2D eigenvalue weighted by Gasteiger charge is -2.20. The lowest BCUT2D eigenvalue weighted by atomic mass is 10.1. The number of ether oxygens (including phenoxy) is 2. The van der Waals surface area contributed by atoms with Crippen molar-refractivity contribution in [3.05, 3.63) is 60.8 Å². The number of hydrogen-bond donors (Lipinski definition) is 4. The van der Waals surface area contributed by atoms with Crippen molar-refractivity contribution in [3.8, 4) is 0 Å². The zero-order chi connectivity index (χ0) is 39.4. The zero-order valence-corrected chi connectivity index (χ0v) is 33.1. The molecule has 0 aliphatic carbocycles. The number of carboxylic acids is 1. The largest absolute Gasteiger partial charge is 0.480 e. The van der Waals surface area contributed by atoms with Crippen molar-refractivity contribution in [2.75, 3.05) is 19.8 Å². The number of esters is 2. The van der Waals surface area contributed by atoms with Gasteiger partial charge >= 0.3 is 25.7 Å². The first-order valence-corrected chi connectivity index (χ1v) is 20.9. The van der Waals surface area contributed by atoms with Crippen LogP contribution in [0.3, 0.4) is 0 Å². The first-order valence-electron chi connectivity index (χ1n) is 19.4. The van der Waals surface area contributed by atoms with Crippen LogP contribution in [0.15, 0.2) is 60.8 Å². The first kappa shape index (κ1) is 50.1. The van der Waals surface area contributed by atoms with E-state index in [0.29, 0.717) is 32.1 Å². The second-order valence-corrected chi connectivity index (χ2v) is 14.4. The number of aliphatic hydroxyl groups is 1. The van der Waals surface area contributed by atoms with Crippen LogP contribution in [0.1, 0.15) is 136 Å². The molecule has 4 atom stereocenters. The van der Waals surface area contributed by atoms with E-state index in [1.165, 1.54) is 32.1 Å². The number of allylic oxidation sites excluding steroid dienone is 8. The van der Waals surface area contributed by atoms with Gasteiger partial charge in [-0.1, -0.05) is 120 Å². The summed E-state index contributed by atoms with van der Waals surface area (Å²) in [6.45, 7) is 2.55. The third-order valence-corrected chi connectivity index (χ3v) is 8.77. The molecular weight excluding hydrogens is 701 g/mol. The number of phosphoric ester groups is 1. The maximum absolute atomic E-state index is 12.6. The van der Waals surface area contributed by atoms with Crippen molar-refractivity contribution >= 4 is 25.7 Å². The van der Waals surface area contributed by atoms with Crippen LogP contribution in [-0.2, 0) is 37.5 Å². The number of aliphatic hydroxyl groups excluding tert-OH is 1. The average molecular weight is 770 g/mol. The highest BCUT2D eigenvalue weighted by atomic mass is 31.2. The van der Waals surface area contributed by atoms with Gasteiger partial charge < -0.3 is 30.3 Å². The van der Waals surface area contributed by atoms with Crippen LogP contribution in [0.5, 0.6) is 0 Å². The van der Waals surface area contributed by atoms with Gasteiger partial charge in [-0.05, 0) is 64.2 Å². The molecule has 5 N–H and O–H groups in total. The SMILES string of the molecule is CCCC/C=C\CCCCCCCC(=O)OC[C@H](COP(=O)(O)OC[C@H](N)C(=O)O)OC(=O)CCC/C=C/C/C=C\C[C@@H](O)/C=C\C=C/CCCCC. The van der Waals surface area contributed by atoms with E-state index < -0.39 is 63.8 Å². The summed E-state index contributed by atoms with van der Waals surface area (Å²) in [6, 6.07) is -1.54. The molecule has 0 amide bonds.